The number of carbonyl (C=O) groups is 1. The Balaban J connectivity index is 2.01. The normalized spacial score (nSPS) is 16.0. The number of phenolic OH excluding ortho intramolecular Hbond substituents is 3. The second kappa shape index (κ2) is 6.67. The molecule has 1 atom stereocenters. The number of phenols is 3. The first-order valence-corrected chi connectivity index (χ1v) is 8.04. The Hall–Kier alpha value is -3.09. The van der Waals surface area contributed by atoms with E-state index >= 15 is 0 Å². The molecule has 0 saturated carbocycles. The van der Waals surface area contributed by atoms with Crippen molar-refractivity contribution in [3.05, 3.63) is 34.9 Å². The van der Waals surface area contributed by atoms with E-state index in [-0.39, 0.29) is 53.1 Å². The molecule has 7 nitrogen and oxygen atoms in total. The molecule has 138 valence electrons. The van der Waals surface area contributed by atoms with Gasteiger partial charge in [0.15, 0.2) is 17.3 Å². The van der Waals surface area contributed by atoms with Crippen LogP contribution >= 0.6 is 0 Å². The fourth-order valence-electron chi connectivity index (χ4n) is 3.19. The van der Waals surface area contributed by atoms with Gasteiger partial charge < -0.3 is 29.5 Å². The fourth-order valence-corrected chi connectivity index (χ4v) is 3.19. The van der Waals surface area contributed by atoms with Crippen LogP contribution in [0.15, 0.2) is 18.2 Å². The minimum atomic E-state index is -0.596. The SMILES string of the molecule is COc1c(C)c(O)c2c(c1OC)OCC(Cc1ccc(O)cc1O)C2=O. The molecular weight excluding hydrogens is 340 g/mol. The summed E-state index contributed by atoms with van der Waals surface area (Å²) in [6.07, 6.45) is 0.206. The summed E-state index contributed by atoms with van der Waals surface area (Å²) in [6.45, 7) is 1.69. The van der Waals surface area contributed by atoms with Crippen molar-refractivity contribution in [2.24, 2.45) is 5.92 Å². The maximum absolute atomic E-state index is 13.0. The zero-order chi connectivity index (χ0) is 19.0. The smallest absolute Gasteiger partial charge is 0.204 e. The van der Waals surface area contributed by atoms with Gasteiger partial charge in [-0.2, -0.15) is 0 Å². The molecule has 1 unspecified atom stereocenters. The monoisotopic (exact) mass is 360 g/mol. The highest BCUT2D eigenvalue weighted by molar-refractivity contribution is 6.05. The number of benzene rings is 2. The molecule has 3 rings (SSSR count). The standard InChI is InChI=1S/C19H20O7/c1-9-15(22)14-16(23)11(6-10-4-5-12(20)7-13(10)21)8-26-18(14)19(25-3)17(9)24-2/h4-5,7,11,20-22H,6,8H2,1-3H3. The number of hydrogen-bond acceptors (Lipinski definition) is 7. The summed E-state index contributed by atoms with van der Waals surface area (Å²) < 4.78 is 16.3. The van der Waals surface area contributed by atoms with Crippen molar-refractivity contribution in [1.29, 1.82) is 0 Å². The van der Waals surface area contributed by atoms with E-state index in [2.05, 4.69) is 0 Å². The van der Waals surface area contributed by atoms with Crippen molar-refractivity contribution in [1.82, 2.24) is 0 Å². The summed E-state index contributed by atoms with van der Waals surface area (Å²) in [5.74, 6) is -0.542. The molecule has 1 aliphatic heterocycles. The number of Topliss-reactive ketones (excluding diaryl/α,β-unsaturated/α-hetero) is 1. The molecule has 7 heteroatoms. The molecular formula is C19H20O7. The predicted molar refractivity (Wildman–Crippen MR) is 92.7 cm³/mol. The Kier molecular flexibility index (Phi) is 4.54. The van der Waals surface area contributed by atoms with E-state index in [4.69, 9.17) is 14.2 Å². The maximum Gasteiger partial charge on any atom is 0.204 e. The van der Waals surface area contributed by atoms with Gasteiger partial charge in [0, 0.05) is 11.6 Å². The van der Waals surface area contributed by atoms with Crippen molar-refractivity contribution in [2.75, 3.05) is 20.8 Å². The summed E-state index contributed by atoms with van der Waals surface area (Å²) in [5.41, 5.74) is 0.938. The van der Waals surface area contributed by atoms with Crippen LogP contribution in [0.1, 0.15) is 21.5 Å². The number of hydrogen-bond donors (Lipinski definition) is 3. The number of ketones is 1. The van der Waals surface area contributed by atoms with Crippen LogP contribution in [0.25, 0.3) is 0 Å². The van der Waals surface area contributed by atoms with E-state index in [1.165, 1.54) is 26.4 Å². The lowest BCUT2D eigenvalue weighted by Gasteiger charge is -2.28. The number of methoxy groups -OCH3 is 2. The largest absolute Gasteiger partial charge is 0.508 e. The van der Waals surface area contributed by atoms with Gasteiger partial charge in [-0.25, -0.2) is 0 Å². The molecule has 0 aromatic heterocycles. The Labute approximate surface area is 150 Å². The number of fused-ring (bicyclic) bond motifs is 1. The van der Waals surface area contributed by atoms with Gasteiger partial charge in [0.2, 0.25) is 5.75 Å². The average molecular weight is 360 g/mol. The van der Waals surface area contributed by atoms with Crippen molar-refractivity contribution in [3.8, 4) is 34.5 Å². The minimum absolute atomic E-state index is 0.0506. The molecule has 0 fully saturated rings. The molecule has 0 saturated heterocycles. The lowest BCUT2D eigenvalue weighted by atomic mass is 9.87. The summed E-state index contributed by atoms with van der Waals surface area (Å²) in [6, 6.07) is 4.20. The van der Waals surface area contributed by atoms with E-state index in [9.17, 15) is 20.1 Å². The summed E-state index contributed by atoms with van der Waals surface area (Å²) in [4.78, 5) is 13.0. The van der Waals surface area contributed by atoms with Crippen LogP contribution in [0.2, 0.25) is 0 Å². The Morgan fingerprint density at radius 1 is 1.15 bits per heavy atom. The number of ether oxygens (including phenoxy) is 3. The van der Waals surface area contributed by atoms with E-state index in [0.717, 1.165) is 0 Å². The first-order chi connectivity index (χ1) is 12.4. The Bertz CT molecular complexity index is 873. The van der Waals surface area contributed by atoms with Gasteiger partial charge >= 0.3 is 0 Å². The number of rotatable bonds is 4. The van der Waals surface area contributed by atoms with E-state index in [1.54, 1.807) is 13.0 Å². The first-order valence-electron chi connectivity index (χ1n) is 8.04. The fraction of sp³-hybridized carbons (Fsp3) is 0.316. The molecule has 26 heavy (non-hydrogen) atoms. The second-order valence-corrected chi connectivity index (χ2v) is 6.13. The van der Waals surface area contributed by atoms with E-state index in [1.807, 2.05) is 0 Å². The highest BCUT2D eigenvalue weighted by Gasteiger charge is 2.37. The lowest BCUT2D eigenvalue weighted by Crippen LogP contribution is -2.30. The van der Waals surface area contributed by atoms with Gasteiger partial charge in [0.05, 0.1) is 26.7 Å². The van der Waals surface area contributed by atoms with Crippen LogP contribution in [-0.2, 0) is 6.42 Å². The third kappa shape index (κ3) is 2.75. The molecule has 0 amide bonds. The second-order valence-electron chi connectivity index (χ2n) is 6.13. The van der Waals surface area contributed by atoms with Crippen LogP contribution in [0.3, 0.4) is 0 Å². The summed E-state index contributed by atoms with van der Waals surface area (Å²) in [5, 5.41) is 29.8. The van der Waals surface area contributed by atoms with Crippen LogP contribution in [0.5, 0.6) is 34.5 Å². The molecule has 3 N–H and O–H groups in total. The van der Waals surface area contributed by atoms with Gasteiger partial charge in [0.1, 0.15) is 22.8 Å². The topological polar surface area (TPSA) is 105 Å². The molecule has 2 aromatic carbocycles. The Morgan fingerprint density at radius 3 is 2.46 bits per heavy atom. The molecule has 0 aliphatic carbocycles. The zero-order valence-electron chi connectivity index (χ0n) is 14.7. The molecule has 0 radical (unpaired) electrons. The quantitative estimate of drug-likeness (QED) is 0.769. The number of carbonyl (C=O) groups excluding carboxylic acids is 1. The Morgan fingerprint density at radius 2 is 1.85 bits per heavy atom. The molecule has 1 heterocycles. The van der Waals surface area contributed by atoms with Gasteiger partial charge in [-0.1, -0.05) is 6.07 Å². The van der Waals surface area contributed by atoms with Gasteiger partial charge in [0.25, 0.3) is 0 Å². The van der Waals surface area contributed by atoms with Gasteiger partial charge in [-0.3, -0.25) is 4.79 Å². The molecule has 2 aromatic rings. The van der Waals surface area contributed by atoms with Gasteiger partial charge in [-0.05, 0) is 25.0 Å². The highest BCUT2D eigenvalue weighted by atomic mass is 16.5. The van der Waals surface area contributed by atoms with Crippen molar-refractivity contribution in [3.63, 3.8) is 0 Å². The van der Waals surface area contributed by atoms with Crippen molar-refractivity contribution in [2.45, 2.75) is 13.3 Å². The third-order valence-electron chi connectivity index (χ3n) is 4.56. The van der Waals surface area contributed by atoms with E-state index in [0.29, 0.717) is 16.9 Å². The van der Waals surface area contributed by atoms with Gasteiger partial charge in [-0.15, -0.1) is 0 Å². The third-order valence-corrected chi connectivity index (χ3v) is 4.56. The van der Waals surface area contributed by atoms with Crippen LogP contribution in [-0.4, -0.2) is 41.9 Å². The minimum Gasteiger partial charge on any atom is -0.508 e. The van der Waals surface area contributed by atoms with Crippen molar-refractivity contribution >= 4 is 5.78 Å². The lowest BCUT2D eigenvalue weighted by molar-refractivity contribution is 0.0819. The number of aromatic hydroxyl groups is 3. The molecule has 0 bridgehead atoms. The summed E-state index contributed by atoms with van der Waals surface area (Å²) in [7, 11) is 2.88. The van der Waals surface area contributed by atoms with Crippen LogP contribution in [0.4, 0.5) is 0 Å². The molecule has 1 aliphatic rings. The van der Waals surface area contributed by atoms with Crippen LogP contribution in [0, 0.1) is 12.8 Å². The van der Waals surface area contributed by atoms with Crippen LogP contribution < -0.4 is 14.2 Å². The van der Waals surface area contributed by atoms with E-state index < -0.39 is 5.92 Å². The van der Waals surface area contributed by atoms with Crippen molar-refractivity contribution < 1.29 is 34.3 Å². The zero-order valence-corrected chi connectivity index (χ0v) is 14.7. The first kappa shape index (κ1) is 17.7. The summed E-state index contributed by atoms with van der Waals surface area (Å²) >= 11 is 0. The molecule has 0 spiro atoms. The highest BCUT2D eigenvalue weighted by Crippen LogP contribution is 2.50. The maximum atomic E-state index is 13.0. The average Bonchev–Trinajstić information content (AvgIpc) is 2.61. The predicted octanol–water partition coefficient (Wildman–Crippen LogP) is 2.56.